The molecule has 0 aliphatic carbocycles. The van der Waals surface area contributed by atoms with Gasteiger partial charge in [-0.1, -0.05) is 12.1 Å². The van der Waals surface area contributed by atoms with Gasteiger partial charge in [-0.2, -0.15) is 5.10 Å². The molecule has 0 fully saturated rings. The van der Waals surface area contributed by atoms with Crippen molar-refractivity contribution in [3.8, 4) is 0 Å². The zero-order valence-electron chi connectivity index (χ0n) is 8.74. The molecule has 2 aromatic rings. The molecule has 0 aliphatic rings. The van der Waals surface area contributed by atoms with E-state index in [0.717, 1.165) is 4.88 Å². The first-order chi connectivity index (χ1) is 8.25. The topological polar surface area (TPSA) is 67.5 Å². The average molecular weight is 247 g/mol. The van der Waals surface area contributed by atoms with E-state index in [0.29, 0.717) is 5.69 Å². The van der Waals surface area contributed by atoms with Crippen LogP contribution in [0.3, 0.4) is 0 Å². The molecule has 0 spiro atoms. The Hall–Kier alpha value is -2.21. The molecule has 0 bridgehead atoms. The third kappa shape index (κ3) is 3.12. The maximum Gasteiger partial charge on any atom is 0.271 e. The van der Waals surface area contributed by atoms with Crippen LogP contribution >= 0.6 is 11.3 Å². The number of nitro benzene ring substituents is 1. The van der Waals surface area contributed by atoms with E-state index < -0.39 is 4.92 Å². The second kappa shape index (κ2) is 5.22. The number of anilines is 1. The van der Waals surface area contributed by atoms with Crippen LogP contribution in [0.2, 0.25) is 0 Å². The number of benzene rings is 1. The molecule has 1 N–H and O–H groups in total. The van der Waals surface area contributed by atoms with E-state index in [-0.39, 0.29) is 5.69 Å². The number of thiophene rings is 1. The minimum Gasteiger partial charge on any atom is -0.278 e. The van der Waals surface area contributed by atoms with E-state index >= 15 is 0 Å². The smallest absolute Gasteiger partial charge is 0.271 e. The summed E-state index contributed by atoms with van der Waals surface area (Å²) in [5, 5.41) is 16.5. The normalized spacial score (nSPS) is 10.6. The molecule has 1 heterocycles. The van der Waals surface area contributed by atoms with Gasteiger partial charge in [-0.25, -0.2) is 0 Å². The Balaban J connectivity index is 2.04. The molecule has 1 aromatic carbocycles. The van der Waals surface area contributed by atoms with Crippen LogP contribution in [0, 0.1) is 10.1 Å². The van der Waals surface area contributed by atoms with Crippen molar-refractivity contribution >= 4 is 28.9 Å². The molecule has 2 rings (SSSR count). The molecule has 0 saturated carbocycles. The van der Waals surface area contributed by atoms with Crippen molar-refractivity contribution in [3.05, 3.63) is 56.8 Å². The number of nitro groups is 1. The molecule has 5 nitrogen and oxygen atoms in total. The van der Waals surface area contributed by atoms with E-state index in [2.05, 4.69) is 10.5 Å². The minimum absolute atomic E-state index is 0.0429. The van der Waals surface area contributed by atoms with Crippen molar-refractivity contribution in [2.45, 2.75) is 0 Å². The van der Waals surface area contributed by atoms with Gasteiger partial charge in [0.25, 0.3) is 5.69 Å². The van der Waals surface area contributed by atoms with Crippen LogP contribution in [0.15, 0.2) is 46.9 Å². The van der Waals surface area contributed by atoms with E-state index in [1.807, 2.05) is 17.5 Å². The van der Waals surface area contributed by atoms with Crippen molar-refractivity contribution in [2.24, 2.45) is 5.10 Å². The maximum absolute atomic E-state index is 10.6. The van der Waals surface area contributed by atoms with Crippen molar-refractivity contribution in [3.63, 3.8) is 0 Å². The monoisotopic (exact) mass is 247 g/mol. The van der Waals surface area contributed by atoms with Gasteiger partial charge in [-0.15, -0.1) is 11.3 Å². The van der Waals surface area contributed by atoms with E-state index in [4.69, 9.17) is 0 Å². The van der Waals surface area contributed by atoms with E-state index in [9.17, 15) is 10.1 Å². The Morgan fingerprint density at radius 3 is 2.94 bits per heavy atom. The first-order valence-electron chi connectivity index (χ1n) is 4.83. The van der Waals surface area contributed by atoms with Crippen LogP contribution in [0.5, 0.6) is 0 Å². The predicted octanol–water partition coefficient (Wildman–Crippen LogP) is 3.10. The summed E-state index contributed by atoms with van der Waals surface area (Å²) in [5.41, 5.74) is 3.38. The molecule has 6 heteroatoms. The fourth-order valence-corrected chi connectivity index (χ4v) is 1.81. The fraction of sp³-hybridized carbons (Fsp3) is 0. The summed E-state index contributed by atoms with van der Waals surface area (Å²) in [6, 6.07) is 10.1. The molecule has 86 valence electrons. The SMILES string of the molecule is O=[N+]([O-])c1cccc(N/N=C/c2cccs2)c1. The van der Waals surface area contributed by atoms with Gasteiger partial charge >= 0.3 is 0 Å². The van der Waals surface area contributed by atoms with E-state index in [1.54, 1.807) is 29.7 Å². The van der Waals surface area contributed by atoms with Crippen molar-refractivity contribution in [2.75, 3.05) is 5.43 Å². The average Bonchev–Trinajstić information content (AvgIpc) is 2.82. The maximum atomic E-state index is 10.6. The quantitative estimate of drug-likeness (QED) is 0.512. The molecule has 1 aromatic heterocycles. The lowest BCUT2D eigenvalue weighted by Gasteiger charge is -1.98. The zero-order chi connectivity index (χ0) is 12.1. The largest absolute Gasteiger partial charge is 0.278 e. The zero-order valence-corrected chi connectivity index (χ0v) is 9.55. The Labute approximate surface area is 102 Å². The molecular weight excluding hydrogens is 238 g/mol. The lowest BCUT2D eigenvalue weighted by atomic mass is 10.3. The summed E-state index contributed by atoms with van der Waals surface area (Å²) in [6.07, 6.45) is 1.67. The fourth-order valence-electron chi connectivity index (χ4n) is 1.22. The van der Waals surface area contributed by atoms with Gasteiger partial charge in [0.1, 0.15) is 0 Å². The number of hydrogen-bond donors (Lipinski definition) is 1. The predicted molar refractivity (Wildman–Crippen MR) is 68.6 cm³/mol. The van der Waals surface area contributed by atoms with Gasteiger partial charge in [0.15, 0.2) is 0 Å². The van der Waals surface area contributed by atoms with Gasteiger partial charge < -0.3 is 0 Å². The summed E-state index contributed by atoms with van der Waals surface area (Å²) in [5.74, 6) is 0. The molecule has 0 unspecified atom stereocenters. The molecule has 0 amide bonds. The van der Waals surface area contributed by atoms with Crippen LogP contribution < -0.4 is 5.43 Å². The standard InChI is InChI=1S/C11H9N3O2S/c15-14(16)10-4-1-3-9(7-10)13-12-8-11-5-2-6-17-11/h1-8,13H/b12-8+. The van der Waals surface area contributed by atoms with Crippen LogP contribution in [-0.4, -0.2) is 11.1 Å². The molecule has 0 aliphatic heterocycles. The lowest BCUT2D eigenvalue weighted by molar-refractivity contribution is -0.384. The van der Waals surface area contributed by atoms with Gasteiger partial charge in [-0.3, -0.25) is 15.5 Å². The summed E-state index contributed by atoms with van der Waals surface area (Å²) >= 11 is 1.57. The minimum atomic E-state index is -0.436. The molecular formula is C11H9N3O2S. The number of hydrogen-bond acceptors (Lipinski definition) is 5. The van der Waals surface area contributed by atoms with Gasteiger partial charge in [0.2, 0.25) is 0 Å². The number of nitrogens with zero attached hydrogens (tertiary/aromatic N) is 2. The first-order valence-corrected chi connectivity index (χ1v) is 5.71. The van der Waals surface area contributed by atoms with Crippen molar-refractivity contribution in [1.82, 2.24) is 0 Å². The second-order valence-corrected chi connectivity index (χ2v) is 4.17. The van der Waals surface area contributed by atoms with Crippen LogP contribution in [0.4, 0.5) is 11.4 Å². The molecule has 17 heavy (non-hydrogen) atoms. The third-order valence-electron chi connectivity index (χ3n) is 1.99. The number of nitrogens with one attached hydrogen (secondary N) is 1. The van der Waals surface area contributed by atoms with Crippen molar-refractivity contribution < 1.29 is 4.92 Å². The summed E-state index contributed by atoms with van der Waals surface area (Å²) in [4.78, 5) is 11.1. The number of hydrazone groups is 1. The summed E-state index contributed by atoms with van der Waals surface area (Å²) < 4.78 is 0. The highest BCUT2D eigenvalue weighted by Gasteiger charge is 2.04. The summed E-state index contributed by atoms with van der Waals surface area (Å²) in [7, 11) is 0. The third-order valence-corrected chi connectivity index (χ3v) is 2.79. The Morgan fingerprint density at radius 2 is 2.24 bits per heavy atom. The first kappa shape index (κ1) is 11.3. The van der Waals surface area contributed by atoms with Gasteiger partial charge in [0, 0.05) is 17.0 Å². The summed E-state index contributed by atoms with van der Waals surface area (Å²) in [6.45, 7) is 0. The van der Waals surface area contributed by atoms with Gasteiger partial charge in [-0.05, 0) is 17.5 Å². The number of rotatable bonds is 4. The molecule has 0 atom stereocenters. The highest BCUT2D eigenvalue weighted by Crippen LogP contribution is 2.16. The molecule has 0 radical (unpaired) electrons. The van der Waals surface area contributed by atoms with Crippen LogP contribution in [0.25, 0.3) is 0 Å². The van der Waals surface area contributed by atoms with E-state index in [1.165, 1.54) is 12.1 Å². The lowest BCUT2D eigenvalue weighted by Crippen LogP contribution is -1.92. The Bertz CT molecular complexity index is 537. The second-order valence-electron chi connectivity index (χ2n) is 3.19. The number of non-ortho nitro benzene ring substituents is 1. The van der Waals surface area contributed by atoms with Crippen LogP contribution in [0.1, 0.15) is 4.88 Å². The highest BCUT2D eigenvalue weighted by atomic mass is 32.1. The van der Waals surface area contributed by atoms with Crippen molar-refractivity contribution in [1.29, 1.82) is 0 Å². The van der Waals surface area contributed by atoms with Gasteiger partial charge in [0.05, 0.1) is 16.8 Å². The van der Waals surface area contributed by atoms with Crippen LogP contribution in [-0.2, 0) is 0 Å². The Kier molecular flexibility index (Phi) is 3.46. The Morgan fingerprint density at radius 1 is 1.35 bits per heavy atom. The molecule has 0 saturated heterocycles. The highest BCUT2D eigenvalue weighted by molar-refractivity contribution is 7.11.